The number of nitrogens with zero attached hydrogens (tertiary/aromatic N) is 3. The van der Waals surface area contributed by atoms with Gasteiger partial charge >= 0.3 is 0 Å². The van der Waals surface area contributed by atoms with E-state index in [0.29, 0.717) is 36.8 Å². The zero-order valence-electron chi connectivity index (χ0n) is 18.4. The van der Waals surface area contributed by atoms with Gasteiger partial charge in [0.1, 0.15) is 11.5 Å². The first-order valence-corrected chi connectivity index (χ1v) is 11.6. The van der Waals surface area contributed by atoms with Gasteiger partial charge in [0.25, 0.3) is 5.91 Å². The lowest BCUT2D eigenvalue weighted by Crippen LogP contribution is -2.45. The SMILES string of the molecule is Cc1cc(Cn2cc(C(=O)N3CCC4(CC3)OCc3ccccc34)c3ccc(Cl)cc32)no1. The number of carbonyl (C=O) groups excluding carboxylic acids is 1. The largest absolute Gasteiger partial charge is 0.365 e. The van der Waals surface area contributed by atoms with E-state index in [9.17, 15) is 4.79 Å². The Labute approximate surface area is 196 Å². The van der Waals surface area contributed by atoms with Crippen molar-refractivity contribution in [2.45, 2.75) is 38.5 Å². The number of benzene rings is 2. The quantitative estimate of drug-likeness (QED) is 0.415. The summed E-state index contributed by atoms with van der Waals surface area (Å²) in [6.07, 6.45) is 3.52. The minimum atomic E-state index is -0.264. The van der Waals surface area contributed by atoms with Crippen LogP contribution in [0, 0.1) is 6.92 Å². The van der Waals surface area contributed by atoms with Crippen molar-refractivity contribution in [3.8, 4) is 0 Å². The van der Waals surface area contributed by atoms with E-state index in [1.54, 1.807) is 0 Å². The number of fused-ring (bicyclic) bond motifs is 3. The zero-order valence-corrected chi connectivity index (χ0v) is 19.1. The molecule has 0 N–H and O–H groups in total. The van der Waals surface area contributed by atoms with Crippen LogP contribution in [-0.4, -0.2) is 33.6 Å². The molecule has 6 rings (SSSR count). The summed E-state index contributed by atoms with van der Waals surface area (Å²) in [6, 6.07) is 16.0. The Hall–Kier alpha value is -3.09. The number of rotatable bonds is 3. The van der Waals surface area contributed by atoms with Crippen LogP contribution < -0.4 is 0 Å². The van der Waals surface area contributed by atoms with Crippen molar-refractivity contribution < 1.29 is 14.1 Å². The Morgan fingerprint density at radius 1 is 1.15 bits per heavy atom. The van der Waals surface area contributed by atoms with E-state index >= 15 is 0 Å². The zero-order chi connectivity index (χ0) is 22.6. The second-order valence-corrected chi connectivity index (χ2v) is 9.43. The number of piperidine rings is 1. The van der Waals surface area contributed by atoms with E-state index in [0.717, 1.165) is 35.2 Å². The third-order valence-corrected chi connectivity index (χ3v) is 7.19. The van der Waals surface area contributed by atoms with Crippen molar-refractivity contribution in [3.05, 3.63) is 87.9 Å². The first kappa shape index (κ1) is 20.5. The first-order chi connectivity index (χ1) is 16.0. The van der Waals surface area contributed by atoms with E-state index in [1.807, 2.05) is 46.9 Å². The molecule has 1 spiro atoms. The normalized spacial score (nSPS) is 17.1. The van der Waals surface area contributed by atoms with Gasteiger partial charge in [0.15, 0.2) is 0 Å². The lowest BCUT2D eigenvalue weighted by atomic mass is 9.83. The molecule has 0 atom stereocenters. The molecule has 168 valence electrons. The van der Waals surface area contributed by atoms with Gasteiger partial charge in [-0.15, -0.1) is 0 Å². The molecule has 2 aromatic carbocycles. The van der Waals surface area contributed by atoms with Crippen molar-refractivity contribution in [2.24, 2.45) is 0 Å². The van der Waals surface area contributed by atoms with Crippen LogP contribution >= 0.6 is 11.6 Å². The molecule has 1 fully saturated rings. The molecule has 2 aliphatic heterocycles. The van der Waals surface area contributed by atoms with E-state index in [-0.39, 0.29) is 11.5 Å². The Bertz CT molecular complexity index is 1360. The van der Waals surface area contributed by atoms with Crippen LogP contribution in [0.1, 0.15) is 45.8 Å². The third kappa shape index (κ3) is 3.45. The fourth-order valence-electron chi connectivity index (χ4n) is 5.27. The number of ether oxygens (including phenoxy) is 1. The number of hydrogen-bond donors (Lipinski definition) is 0. The molecule has 4 heterocycles. The van der Waals surface area contributed by atoms with Crippen molar-refractivity contribution in [1.82, 2.24) is 14.6 Å². The monoisotopic (exact) mass is 461 g/mol. The van der Waals surface area contributed by atoms with Gasteiger partial charge in [-0.05, 0) is 43.0 Å². The lowest BCUT2D eigenvalue weighted by molar-refractivity contribution is -0.0741. The topological polar surface area (TPSA) is 60.5 Å². The molecule has 0 saturated carbocycles. The number of halogens is 1. The molecule has 2 aromatic heterocycles. The predicted molar refractivity (Wildman–Crippen MR) is 125 cm³/mol. The highest BCUT2D eigenvalue weighted by Crippen LogP contribution is 2.44. The maximum absolute atomic E-state index is 13.6. The minimum absolute atomic E-state index is 0.0403. The summed E-state index contributed by atoms with van der Waals surface area (Å²) < 4.78 is 13.5. The van der Waals surface area contributed by atoms with Crippen LogP contribution in [0.15, 0.2) is 59.3 Å². The second-order valence-electron chi connectivity index (χ2n) is 8.99. The van der Waals surface area contributed by atoms with Crippen LogP contribution in [0.25, 0.3) is 10.9 Å². The summed E-state index contributed by atoms with van der Waals surface area (Å²) in [5, 5.41) is 5.63. The van der Waals surface area contributed by atoms with Crippen molar-refractivity contribution in [1.29, 1.82) is 0 Å². The van der Waals surface area contributed by atoms with E-state index in [2.05, 4.69) is 29.4 Å². The smallest absolute Gasteiger partial charge is 0.256 e. The average molecular weight is 462 g/mol. The van der Waals surface area contributed by atoms with Crippen molar-refractivity contribution >= 4 is 28.4 Å². The van der Waals surface area contributed by atoms with Crippen molar-refractivity contribution in [2.75, 3.05) is 13.1 Å². The standard InChI is InChI=1S/C26H24ClN3O3/c1-17-12-20(28-33-17)14-30-15-22(21-7-6-19(27)13-24(21)30)25(31)29-10-8-26(9-11-29)23-5-3-2-4-18(23)16-32-26/h2-7,12-13,15H,8-11,14,16H2,1H3. The molecule has 7 heteroatoms. The van der Waals surface area contributed by atoms with E-state index in [4.69, 9.17) is 20.9 Å². The molecule has 0 unspecified atom stereocenters. The van der Waals surface area contributed by atoms with Crippen LogP contribution in [0.4, 0.5) is 0 Å². The third-order valence-electron chi connectivity index (χ3n) is 6.95. The molecule has 0 bridgehead atoms. The predicted octanol–water partition coefficient (Wildman–Crippen LogP) is 5.30. The van der Waals surface area contributed by atoms with Gasteiger partial charge in [-0.1, -0.05) is 47.1 Å². The van der Waals surface area contributed by atoms with E-state index < -0.39 is 0 Å². The van der Waals surface area contributed by atoms with Crippen LogP contribution in [0.3, 0.4) is 0 Å². The molecule has 1 saturated heterocycles. The summed E-state index contributed by atoms with van der Waals surface area (Å²) in [4.78, 5) is 15.6. The summed E-state index contributed by atoms with van der Waals surface area (Å²) >= 11 is 6.29. The summed E-state index contributed by atoms with van der Waals surface area (Å²) in [5.41, 5.74) is 4.69. The minimum Gasteiger partial charge on any atom is -0.365 e. The molecule has 4 aromatic rings. The molecule has 0 radical (unpaired) electrons. The van der Waals surface area contributed by atoms with Gasteiger partial charge in [0.2, 0.25) is 0 Å². The Balaban J connectivity index is 1.28. The summed E-state index contributed by atoms with van der Waals surface area (Å²) in [7, 11) is 0. The summed E-state index contributed by atoms with van der Waals surface area (Å²) in [6.45, 7) is 4.35. The highest BCUT2D eigenvalue weighted by Gasteiger charge is 2.43. The lowest BCUT2D eigenvalue weighted by Gasteiger charge is -2.39. The number of aryl methyl sites for hydroxylation is 1. The number of likely N-dealkylation sites (tertiary alicyclic amines) is 1. The summed E-state index contributed by atoms with van der Waals surface area (Å²) in [5.74, 6) is 0.798. The molecule has 2 aliphatic rings. The molecule has 6 nitrogen and oxygen atoms in total. The fourth-order valence-corrected chi connectivity index (χ4v) is 5.44. The van der Waals surface area contributed by atoms with E-state index in [1.165, 1.54) is 11.1 Å². The number of hydrogen-bond acceptors (Lipinski definition) is 4. The van der Waals surface area contributed by atoms with Crippen LogP contribution in [0.2, 0.25) is 5.02 Å². The molecule has 33 heavy (non-hydrogen) atoms. The first-order valence-electron chi connectivity index (χ1n) is 11.2. The van der Waals surface area contributed by atoms with Crippen LogP contribution in [0.5, 0.6) is 0 Å². The molecule has 1 amide bonds. The number of amides is 1. The number of aromatic nitrogens is 2. The van der Waals surface area contributed by atoms with Gasteiger partial charge in [0.05, 0.1) is 29.8 Å². The van der Waals surface area contributed by atoms with Gasteiger partial charge in [-0.2, -0.15) is 0 Å². The molecule has 0 aliphatic carbocycles. The highest BCUT2D eigenvalue weighted by atomic mass is 35.5. The number of carbonyl (C=O) groups is 1. The van der Waals surface area contributed by atoms with Gasteiger partial charge in [-0.3, -0.25) is 4.79 Å². The molecular formula is C26H24ClN3O3. The Morgan fingerprint density at radius 2 is 1.97 bits per heavy atom. The van der Waals surface area contributed by atoms with Gasteiger partial charge in [0, 0.05) is 35.8 Å². The average Bonchev–Trinajstić information content (AvgIpc) is 3.51. The Kier molecular flexibility index (Phi) is 4.82. The highest BCUT2D eigenvalue weighted by molar-refractivity contribution is 6.31. The van der Waals surface area contributed by atoms with Crippen LogP contribution in [-0.2, 0) is 23.5 Å². The maximum Gasteiger partial charge on any atom is 0.256 e. The van der Waals surface area contributed by atoms with Gasteiger partial charge in [-0.25, -0.2) is 0 Å². The fraction of sp³-hybridized carbons (Fsp3) is 0.308. The van der Waals surface area contributed by atoms with Gasteiger partial charge < -0.3 is 18.7 Å². The van der Waals surface area contributed by atoms with Crippen molar-refractivity contribution in [3.63, 3.8) is 0 Å². The maximum atomic E-state index is 13.6. The molecular weight excluding hydrogens is 438 g/mol. The Morgan fingerprint density at radius 3 is 2.76 bits per heavy atom. The second kappa shape index (κ2) is 7.75.